The summed E-state index contributed by atoms with van der Waals surface area (Å²) in [5.41, 5.74) is 5.48. The molecule has 3 aromatic rings. The Hall–Kier alpha value is -2.62. The van der Waals surface area contributed by atoms with Gasteiger partial charge in [-0.25, -0.2) is 0 Å². The summed E-state index contributed by atoms with van der Waals surface area (Å²) >= 11 is 0. The van der Waals surface area contributed by atoms with Crippen LogP contribution in [0.15, 0.2) is 60.7 Å². The van der Waals surface area contributed by atoms with Gasteiger partial charge in [0.15, 0.2) is 0 Å². The third-order valence-electron chi connectivity index (χ3n) is 3.47. The number of hydrogen-bond donors (Lipinski definition) is 1. The summed E-state index contributed by atoms with van der Waals surface area (Å²) in [6.45, 7) is 2.92. The van der Waals surface area contributed by atoms with E-state index in [9.17, 15) is 0 Å². The molecular weight excluding hydrogens is 260 g/mol. The van der Waals surface area contributed by atoms with Crippen molar-refractivity contribution in [2.45, 2.75) is 13.5 Å². The van der Waals surface area contributed by atoms with E-state index in [1.807, 2.05) is 52.8 Å². The van der Waals surface area contributed by atoms with Gasteiger partial charge in [0.1, 0.15) is 6.54 Å². The molecular formula is C17H19N4+. The fraction of sp³-hybridized carbons (Fsp3) is 0.176. The number of nitrogens with one attached hydrogen (secondary N) is 1. The Kier molecular flexibility index (Phi) is 3.69. The van der Waals surface area contributed by atoms with Crippen molar-refractivity contribution in [1.82, 2.24) is 9.77 Å². The normalized spacial score (nSPS) is 10.6. The minimum atomic E-state index is 0.818. The molecule has 0 fully saturated rings. The van der Waals surface area contributed by atoms with Crippen LogP contribution in [0.1, 0.15) is 6.92 Å². The SMILES string of the molecule is CC[n+]1nc(-c2ccccc2)n(NC)c1-c1ccccc1. The first kappa shape index (κ1) is 13.4. The van der Waals surface area contributed by atoms with Crippen LogP contribution in [0.25, 0.3) is 22.8 Å². The van der Waals surface area contributed by atoms with Crippen molar-refractivity contribution in [3.05, 3.63) is 60.7 Å². The molecule has 0 atom stereocenters. The maximum atomic E-state index is 4.76. The molecule has 0 aliphatic carbocycles. The first-order chi connectivity index (χ1) is 10.3. The van der Waals surface area contributed by atoms with Crippen molar-refractivity contribution in [2.24, 2.45) is 0 Å². The Morgan fingerprint density at radius 2 is 1.52 bits per heavy atom. The van der Waals surface area contributed by atoms with E-state index in [-0.39, 0.29) is 0 Å². The zero-order valence-electron chi connectivity index (χ0n) is 12.3. The molecule has 106 valence electrons. The van der Waals surface area contributed by atoms with E-state index < -0.39 is 0 Å². The lowest BCUT2D eigenvalue weighted by atomic mass is 10.2. The van der Waals surface area contributed by atoms with E-state index in [0.29, 0.717) is 0 Å². The highest BCUT2D eigenvalue weighted by molar-refractivity contribution is 5.60. The van der Waals surface area contributed by atoms with Gasteiger partial charge in [0.05, 0.1) is 5.56 Å². The lowest BCUT2D eigenvalue weighted by molar-refractivity contribution is -0.737. The number of rotatable bonds is 4. The van der Waals surface area contributed by atoms with Gasteiger partial charge < -0.3 is 0 Å². The van der Waals surface area contributed by atoms with Gasteiger partial charge in [0, 0.05) is 12.6 Å². The molecule has 3 rings (SSSR count). The summed E-state index contributed by atoms with van der Waals surface area (Å²) in [5, 5.41) is 4.76. The van der Waals surface area contributed by atoms with Gasteiger partial charge in [-0.15, -0.1) is 9.36 Å². The monoisotopic (exact) mass is 279 g/mol. The number of aryl methyl sites for hydroxylation is 1. The number of hydrogen-bond acceptors (Lipinski definition) is 2. The molecule has 2 aromatic carbocycles. The van der Waals surface area contributed by atoms with E-state index in [2.05, 4.69) is 36.6 Å². The van der Waals surface area contributed by atoms with E-state index in [1.165, 1.54) is 0 Å². The lowest BCUT2D eigenvalue weighted by Crippen LogP contribution is -2.37. The fourth-order valence-corrected chi connectivity index (χ4v) is 2.49. The standard InChI is InChI=1S/C17H19N4/c1-3-20-17(15-12-8-5-9-13-15)21(18-2)16(19-20)14-10-6-4-7-11-14/h4-13,18H,3H2,1-2H3/q+1. The van der Waals surface area contributed by atoms with Gasteiger partial charge in [-0.3, -0.25) is 5.43 Å². The van der Waals surface area contributed by atoms with Gasteiger partial charge in [-0.1, -0.05) is 36.4 Å². The van der Waals surface area contributed by atoms with Crippen LogP contribution in [0.2, 0.25) is 0 Å². The second-order valence-corrected chi connectivity index (χ2v) is 4.75. The minimum Gasteiger partial charge on any atom is -0.257 e. The smallest absolute Gasteiger partial charge is 0.257 e. The average Bonchev–Trinajstić information content (AvgIpc) is 2.95. The number of benzene rings is 2. The van der Waals surface area contributed by atoms with Crippen LogP contribution in [0.5, 0.6) is 0 Å². The molecule has 1 heterocycles. The molecule has 4 heteroatoms. The second kappa shape index (κ2) is 5.79. The fourth-order valence-electron chi connectivity index (χ4n) is 2.49. The molecule has 0 unspecified atom stereocenters. The largest absolute Gasteiger partial charge is 0.334 e. The Balaban J connectivity index is 2.23. The Morgan fingerprint density at radius 1 is 0.952 bits per heavy atom. The van der Waals surface area contributed by atoms with Crippen molar-refractivity contribution in [1.29, 1.82) is 0 Å². The molecule has 0 aliphatic heterocycles. The van der Waals surface area contributed by atoms with Crippen LogP contribution in [-0.4, -0.2) is 16.8 Å². The summed E-state index contributed by atoms with van der Waals surface area (Å²) in [5.74, 6) is 1.97. The van der Waals surface area contributed by atoms with Crippen LogP contribution >= 0.6 is 0 Å². The summed E-state index contributed by atoms with van der Waals surface area (Å²) in [4.78, 5) is 0. The highest BCUT2D eigenvalue weighted by Crippen LogP contribution is 2.21. The van der Waals surface area contributed by atoms with E-state index >= 15 is 0 Å². The zero-order chi connectivity index (χ0) is 14.7. The highest BCUT2D eigenvalue weighted by Gasteiger charge is 2.26. The Bertz CT molecular complexity index is 717. The topological polar surface area (TPSA) is 33.7 Å². The molecule has 1 N–H and O–H groups in total. The van der Waals surface area contributed by atoms with Crippen molar-refractivity contribution >= 4 is 0 Å². The Morgan fingerprint density at radius 3 is 2.05 bits per heavy atom. The first-order valence-corrected chi connectivity index (χ1v) is 7.16. The van der Waals surface area contributed by atoms with Crippen LogP contribution in [0.3, 0.4) is 0 Å². The van der Waals surface area contributed by atoms with Crippen LogP contribution in [-0.2, 0) is 6.54 Å². The van der Waals surface area contributed by atoms with Crippen molar-refractivity contribution < 1.29 is 4.68 Å². The molecule has 1 aromatic heterocycles. The van der Waals surface area contributed by atoms with Gasteiger partial charge in [-0.05, 0) is 36.3 Å². The van der Waals surface area contributed by atoms with Gasteiger partial charge in [-0.2, -0.15) is 0 Å². The molecule has 4 nitrogen and oxygen atoms in total. The van der Waals surface area contributed by atoms with Gasteiger partial charge in [0.2, 0.25) is 0 Å². The number of nitrogens with zero attached hydrogens (tertiary/aromatic N) is 3. The van der Waals surface area contributed by atoms with Crippen LogP contribution in [0, 0.1) is 0 Å². The highest BCUT2D eigenvalue weighted by atomic mass is 15.5. The third kappa shape index (κ3) is 2.40. The zero-order valence-corrected chi connectivity index (χ0v) is 12.3. The minimum absolute atomic E-state index is 0.818. The molecule has 0 aliphatic rings. The molecule has 0 amide bonds. The van der Waals surface area contributed by atoms with E-state index in [4.69, 9.17) is 5.10 Å². The molecule has 0 saturated heterocycles. The van der Waals surface area contributed by atoms with Gasteiger partial charge >= 0.3 is 5.82 Å². The van der Waals surface area contributed by atoms with Crippen molar-refractivity contribution in [2.75, 3.05) is 12.5 Å². The van der Waals surface area contributed by atoms with E-state index in [1.54, 1.807) is 0 Å². The van der Waals surface area contributed by atoms with E-state index in [0.717, 1.165) is 29.3 Å². The summed E-state index contributed by atoms with van der Waals surface area (Å²) in [6, 6.07) is 20.5. The maximum Gasteiger partial charge on any atom is 0.334 e. The van der Waals surface area contributed by atoms with Crippen LogP contribution < -0.4 is 10.1 Å². The lowest BCUT2D eigenvalue weighted by Gasteiger charge is -2.02. The summed E-state index contributed by atoms with van der Waals surface area (Å²) in [7, 11) is 1.92. The van der Waals surface area contributed by atoms with Crippen molar-refractivity contribution in [3.63, 3.8) is 0 Å². The molecule has 0 saturated carbocycles. The number of aromatic nitrogens is 3. The third-order valence-corrected chi connectivity index (χ3v) is 3.47. The predicted octanol–water partition coefficient (Wildman–Crippen LogP) is 2.70. The first-order valence-electron chi connectivity index (χ1n) is 7.16. The molecule has 21 heavy (non-hydrogen) atoms. The molecule has 0 bridgehead atoms. The Labute approximate surface area is 124 Å². The predicted molar refractivity (Wildman–Crippen MR) is 84.3 cm³/mol. The van der Waals surface area contributed by atoms with Crippen molar-refractivity contribution in [3.8, 4) is 22.8 Å². The summed E-state index contributed by atoms with van der Waals surface area (Å²) < 4.78 is 4.06. The quantitative estimate of drug-likeness (QED) is 0.745. The molecule has 0 radical (unpaired) electrons. The van der Waals surface area contributed by atoms with Gasteiger partial charge in [0.25, 0.3) is 5.82 Å². The molecule has 0 spiro atoms. The summed E-state index contributed by atoms with van der Waals surface area (Å²) in [6.07, 6.45) is 0. The second-order valence-electron chi connectivity index (χ2n) is 4.75. The maximum absolute atomic E-state index is 4.76. The average molecular weight is 279 g/mol. The van der Waals surface area contributed by atoms with Crippen LogP contribution in [0.4, 0.5) is 0 Å².